The van der Waals surface area contributed by atoms with Gasteiger partial charge in [0.05, 0.1) is 12.3 Å². The van der Waals surface area contributed by atoms with E-state index < -0.39 is 0 Å². The van der Waals surface area contributed by atoms with E-state index in [0.717, 1.165) is 16.5 Å². The van der Waals surface area contributed by atoms with E-state index in [1.54, 1.807) is 0 Å². The summed E-state index contributed by atoms with van der Waals surface area (Å²) in [6, 6.07) is 11.1. The Morgan fingerprint density at radius 3 is 2.32 bits per heavy atom. The van der Waals surface area contributed by atoms with E-state index in [0.29, 0.717) is 11.8 Å². The van der Waals surface area contributed by atoms with Crippen molar-refractivity contribution in [3.8, 4) is 11.3 Å². The molecule has 0 radical (unpaired) electrons. The second-order valence-corrected chi connectivity index (χ2v) is 7.79. The van der Waals surface area contributed by atoms with Crippen LogP contribution in [0.1, 0.15) is 64.5 Å². The van der Waals surface area contributed by atoms with Crippen molar-refractivity contribution in [3.63, 3.8) is 0 Å². The first-order valence-electron chi connectivity index (χ1n) is 10.2. The van der Waals surface area contributed by atoms with E-state index in [1.807, 2.05) is 23.7 Å². The average molecular weight is 335 g/mol. The van der Waals surface area contributed by atoms with Crippen molar-refractivity contribution in [2.75, 3.05) is 0 Å². The van der Waals surface area contributed by atoms with Crippen LogP contribution in [0, 0.1) is 13.8 Å². The van der Waals surface area contributed by atoms with Crippen molar-refractivity contribution in [2.45, 2.75) is 53.4 Å². The molecule has 0 atom stereocenters. The number of hydrogen-bond acceptors (Lipinski definition) is 0. The minimum absolute atomic E-state index is 0.252. The van der Waals surface area contributed by atoms with Gasteiger partial charge in [0.15, 0.2) is 6.17 Å². The van der Waals surface area contributed by atoms with Gasteiger partial charge in [-0.25, -0.2) is 4.57 Å². The Labute approximate surface area is 155 Å². The maximum atomic E-state index is 8.49. The minimum atomic E-state index is 0.252. The summed E-state index contributed by atoms with van der Waals surface area (Å²) in [7, 11) is 1.91. The van der Waals surface area contributed by atoms with E-state index >= 15 is 0 Å². The molecule has 0 saturated heterocycles. The topological polar surface area (TPSA) is 3.88 Å². The van der Waals surface area contributed by atoms with Crippen molar-refractivity contribution >= 4 is 10.8 Å². The highest BCUT2D eigenvalue weighted by atomic mass is 14.9. The highest BCUT2D eigenvalue weighted by molar-refractivity contribution is 5.94. The molecule has 0 aliphatic rings. The Kier molecular flexibility index (Phi) is 4.01. The van der Waals surface area contributed by atoms with Crippen molar-refractivity contribution in [3.05, 3.63) is 64.8 Å². The summed E-state index contributed by atoms with van der Waals surface area (Å²) in [5, 5.41) is 1.90. The maximum absolute atomic E-state index is 8.49. The molecule has 0 aliphatic carbocycles. The lowest BCUT2D eigenvalue weighted by molar-refractivity contribution is -0.659. The molecule has 0 amide bonds. The zero-order chi connectivity index (χ0) is 20.0. The van der Waals surface area contributed by atoms with Gasteiger partial charge in [-0.15, -0.1) is 0 Å². The molecule has 3 rings (SSSR count). The van der Waals surface area contributed by atoms with Gasteiger partial charge in [0.1, 0.15) is 8.42 Å². The van der Waals surface area contributed by atoms with E-state index in [9.17, 15) is 0 Å². The molecular weight excluding hydrogens is 302 g/mol. The van der Waals surface area contributed by atoms with Gasteiger partial charge in [-0.05, 0) is 59.9 Å². The second-order valence-electron chi connectivity index (χ2n) is 7.79. The summed E-state index contributed by atoms with van der Waals surface area (Å²) in [5.41, 5.74) is 7.33. The molecule has 0 aliphatic heterocycles. The molecule has 0 bridgehead atoms. The van der Waals surface area contributed by atoms with Crippen LogP contribution in [0.25, 0.3) is 22.0 Å². The Bertz CT molecular complexity index is 1030. The largest absolute Gasteiger partial charge is 0.220 e. The summed E-state index contributed by atoms with van der Waals surface area (Å²) in [6.45, 7) is 13.2. The van der Waals surface area contributed by atoms with E-state index in [2.05, 4.69) is 59.7 Å². The first-order chi connectivity index (χ1) is 12.6. The third kappa shape index (κ3) is 3.20. The quantitative estimate of drug-likeness (QED) is 0.502. The fourth-order valence-electron chi connectivity index (χ4n) is 3.61. The highest BCUT2D eigenvalue weighted by Crippen LogP contribution is 2.35. The molecule has 130 valence electrons. The van der Waals surface area contributed by atoms with Crippen molar-refractivity contribution in [2.24, 2.45) is 7.05 Å². The molecule has 1 heterocycles. The van der Waals surface area contributed by atoms with Crippen molar-refractivity contribution in [1.82, 2.24) is 0 Å². The van der Waals surface area contributed by atoms with Gasteiger partial charge in [0, 0.05) is 6.04 Å². The average Bonchev–Trinajstić information content (AvgIpc) is 2.60. The molecule has 0 saturated carbocycles. The molecule has 25 heavy (non-hydrogen) atoms. The predicted octanol–water partition coefficient (Wildman–Crippen LogP) is 6.19. The smallest absolute Gasteiger partial charge is 0.200 e. The van der Waals surface area contributed by atoms with Crippen LogP contribution in [-0.2, 0) is 7.05 Å². The standard InChI is InChI=1S/C24H30N/c1-15(2)20-13-21(16(3)4)18(6)22(14-20)24-23-12-17(5)8-9-19(23)10-11-25(24)7/h8-16H,1-7H3/q+1/i10D,11D. The summed E-state index contributed by atoms with van der Waals surface area (Å²) in [4.78, 5) is 0. The van der Waals surface area contributed by atoms with Crippen LogP contribution in [0.15, 0.2) is 42.5 Å². The number of hydrogen-bond donors (Lipinski definition) is 0. The number of aromatic nitrogens is 1. The van der Waals surface area contributed by atoms with Crippen LogP contribution in [0.3, 0.4) is 0 Å². The first-order valence-corrected chi connectivity index (χ1v) is 9.17. The van der Waals surface area contributed by atoms with Gasteiger partial charge in [-0.2, -0.15) is 0 Å². The maximum Gasteiger partial charge on any atom is 0.220 e. The molecule has 0 fully saturated rings. The Morgan fingerprint density at radius 1 is 0.960 bits per heavy atom. The van der Waals surface area contributed by atoms with Crippen LogP contribution in [0.2, 0.25) is 0 Å². The molecule has 0 N–H and O–H groups in total. The number of fused-ring (bicyclic) bond motifs is 1. The van der Waals surface area contributed by atoms with Crippen LogP contribution in [-0.4, -0.2) is 0 Å². The lowest BCUT2D eigenvalue weighted by Crippen LogP contribution is -2.31. The van der Waals surface area contributed by atoms with Crippen LogP contribution in [0.5, 0.6) is 0 Å². The number of nitrogens with zero attached hydrogens (tertiary/aromatic N) is 1. The van der Waals surface area contributed by atoms with Gasteiger partial charge in [-0.3, -0.25) is 0 Å². The fraction of sp³-hybridized carbons (Fsp3) is 0.375. The van der Waals surface area contributed by atoms with Crippen LogP contribution < -0.4 is 4.57 Å². The molecule has 1 aromatic heterocycles. The molecule has 0 unspecified atom stereocenters. The van der Waals surface area contributed by atoms with Crippen molar-refractivity contribution < 1.29 is 7.31 Å². The zero-order valence-electron chi connectivity index (χ0n) is 18.5. The Morgan fingerprint density at radius 2 is 1.68 bits per heavy atom. The zero-order valence-corrected chi connectivity index (χ0v) is 16.5. The Hall–Kier alpha value is -2.15. The SMILES string of the molecule is [2H]c1c([2H])[n+](C)c(-c2cc(C(C)C)cc(C(C)C)c2C)c2cc(C)ccc12. The van der Waals surface area contributed by atoms with Gasteiger partial charge in [-0.1, -0.05) is 51.5 Å². The number of pyridine rings is 1. The summed E-state index contributed by atoms with van der Waals surface area (Å²) in [6.07, 6.45) is 0.252. The number of rotatable bonds is 3. The molecule has 2 aromatic carbocycles. The third-order valence-electron chi connectivity index (χ3n) is 5.14. The summed E-state index contributed by atoms with van der Waals surface area (Å²) < 4.78 is 18.8. The second kappa shape index (κ2) is 6.63. The van der Waals surface area contributed by atoms with E-state index in [-0.39, 0.29) is 12.2 Å². The molecule has 1 nitrogen and oxygen atoms in total. The van der Waals surface area contributed by atoms with Gasteiger partial charge in [0.2, 0.25) is 5.69 Å². The monoisotopic (exact) mass is 334 g/mol. The minimum Gasteiger partial charge on any atom is -0.200 e. The van der Waals surface area contributed by atoms with E-state index in [4.69, 9.17) is 2.74 Å². The van der Waals surface area contributed by atoms with Gasteiger partial charge in [0.25, 0.3) is 0 Å². The normalized spacial score (nSPS) is 12.8. The molecule has 3 aromatic rings. The number of benzene rings is 2. The first kappa shape index (κ1) is 15.1. The van der Waals surface area contributed by atoms with Gasteiger partial charge < -0.3 is 0 Å². The van der Waals surface area contributed by atoms with Crippen LogP contribution >= 0.6 is 0 Å². The summed E-state index contributed by atoms with van der Waals surface area (Å²) >= 11 is 0. The molecule has 1 heteroatoms. The molecular formula is C24H30N+. The van der Waals surface area contributed by atoms with Crippen molar-refractivity contribution in [1.29, 1.82) is 0 Å². The number of aryl methyl sites for hydroxylation is 1. The predicted molar refractivity (Wildman–Crippen MR) is 108 cm³/mol. The highest BCUT2D eigenvalue weighted by Gasteiger charge is 2.21. The van der Waals surface area contributed by atoms with Gasteiger partial charge >= 0.3 is 0 Å². The molecule has 0 spiro atoms. The third-order valence-corrected chi connectivity index (χ3v) is 5.14. The lowest BCUT2D eigenvalue weighted by Gasteiger charge is -2.18. The van der Waals surface area contributed by atoms with E-state index in [1.165, 1.54) is 27.8 Å². The van der Waals surface area contributed by atoms with Crippen LogP contribution in [0.4, 0.5) is 0 Å². The Balaban J connectivity index is 2.51. The lowest BCUT2D eigenvalue weighted by atomic mass is 9.86. The summed E-state index contributed by atoms with van der Waals surface area (Å²) in [5.74, 6) is 0.873. The fourth-order valence-corrected chi connectivity index (χ4v) is 3.61.